The van der Waals surface area contributed by atoms with Gasteiger partial charge in [-0.1, -0.05) is 19.1 Å². The molecule has 1 heterocycles. The van der Waals surface area contributed by atoms with Crippen molar-refractivity contribution in [1.29, 1.82) is 0 Å². The zero-order chi connectivity index (χ0) is 16.8. The van der Waals surface area contributed by atoms with Crippen LogP contribution in [0.5, 0.6) is 5.75 Å². The summed E-state index contributed by atoms with van der Waals surface area (Å²) in [4.78, 5) is 26.7. The number of carbonyl (C=O) groups excluding carboxylic acids is 2. The SMILES string of the molecule is CCCC(=O)N1CCC[C@@H](C(=O)c2cccc(OC(C)C)c2)C1. The maximum absolute atomic E-state index is 12.8. The molecule has 0 unspecified atom stereocenters. The Balaban J connectivity index is 2.06. The predicted molar refractivity (Wildman–Crippen MR) is 90.7 cm³/mol. The van der Waals surface area contributed by atoms with E-state index in [9.17, 15) is 9.59 Å². The van der Waals surface area contributed by atoms with E-state index in [0.717, 1.165) is 31.6 Å². The maximum atomic E-state index is 12.8. The van der Waals surface area contributed by atoms with E-state index in [4.69, 9.17) is 4.74 Å². The van der Waals surface area contributed by atoms with Gasteiger partial charge in [-0.05, 0) is 45.2 Å². The molecule has 23 heavy (non-hydrogen) atoms. The summed E-state index contributed by atoms with van der Waals surface area (Å²) < 4.78 is 5.67. The number of likely N-dealkylation sites (tertiary alicyclic amines) is 1. The van der Waals surface area contributed by atoms with E-state index in [-0.39, 0.29) is 23.7 Å². The van der Waals surface area contributed by atoms with Gasteiger partial charge in [-0.3, -0.25) is 9.59 Å². The summed E-state index contributed by atoms with van der Waals surface area (Å²) in [5.41, 5.74) is 0.679. The number of ether oxygens (including phenoxy) is 1. The number of ketones is 1. The number of Topliss-reactive ketones (excluding diaryl/α,β-unsaturated/α-hetero) is 1. The quantitative estimate of drug-likeness (QED) is 0.752. The predicted octanol–water partition coefficient (Wildman–Crippen LogP) is 3.70. The van der Waals surface area contributed by atoms with Crippen LogP contribution in [0.25, 0.3) is 0 Å². The van der Waals surface area contributed by atoms with Gasteiger partial charge in [0.05, 0.1) is 6.10 Å². The fraction of sp³-hybridized carbons (Fsp3) is 0.579. The molecule has 4 heteroatoms. The summed E-state index contributed by atoms with van der Waals surface area (Å²) in [6, 6.07) is 7.37. The summed E-state index contributed by atoms with van der Waals surface area (Å²) in [5, 5.41) is 0. The van der Waals surface area contributed by atoms with Crippen LogP contribution in [0.3, 0.4) is 0 Å². The lowest BCUT2D eigenvalue weighted by Gasteiger charge is -2.32. The molecular weight excluding hydrogens is 290 g/mol. The smallest absolute Gasteiger partial charge is 0.222 e. The van der Waals surface area contributed by atoms with Gasteiger partial charge in [0.1, 0.15) is 5.75 Å². The average molecular weight is 317 g/mol. The van der Waals surface area contributed by atoms with Crippen LogP contribution in [-0.4, -0.2) is 35.8 Å². The van der Waals surface area contributed by atoms with Gasteiger partial charge in [0.15, 0.2) is 5.78 Å². The monoisotopic (exact) mass is 317 g/mol. The van der Waals surface area contributed by atoms with Crippen LogP contribution in [-0.2, 0) is 4.79 Å². The fourth-order valence-corrected chi connectivity index (χ4v) is 3.02. The Kier molecular flexibility index (Phi) is 6.20. The molecule has 1 aliphatic heterocycles. The molecule has 1 amide bonds. The number of nitrogens with zero attached hydrogens (tertiary/aromatic N) is 1. The lowest BCUT2D eigenvalue weighted by molar-refractivity contribution is -0.132. The van der Waals surface area contributed by atoms with Crippen LogP contribution in [0.2, 0.25) is 0 Å². The first-order valence-corrected chi connectivity index (χ1v) is 8.60. The first-order chi connectivity index (χ1) is 11.0. The maximum Gasteiger partial charge on any atom is 0.222 e. The topological polar surface area (TPSA) is 46.6 Å². The van der Waals surface area contributed by atoms with Crippen molar-refractivity contribution in [3.05, 3.63) is 29.8 Å². The molecule has 1 fully saturated rings. The molecular formula is C19H27NO3. The highest BCUT2D eigenvalue weighted by Crippen LogP contribution is 2.24. The van der Waals surface area contributed by atoms with Gasteiger partial charge in [-0.15, -0.1) is 0 Å². The van der Waals surface area contributed by atoms with Crippen molar-refractivity contribution in [3.8, 4) is 5.75 Å². The molecule has 0 spiro atoms. The molecule has 1 aromatic rings. The Morgan fingerprint density at radius 1 is 1.35 bits per heavy atom. The molecule has 0 radical (unpaired) electrons. The summed E-state index contributed by atoms with van der Waals surface area (Å²) in [6.45, 7) is 7.26. The molecule has 0 N–H and O–H groups in total. The lowest BCUT2D eigenvalue weighted by Crippen LogP contribution is -2.42. The Bertz CT molecular complexity index is 553. The summed E-state index contributed by atoms with van der Waals surface area (Å²) in [7, 11) is 0. The molecule has 2 rings (SSSR count). The Hall–Kier alpha value is -1.84. The molecule has 0 saturated carbocycles. The number of carbonyl (C=O) groups is 2. The largest absolute Gasteiger partial charge is 0.491 e. The molecule has 1 atom stereocenters. The fourth-order valence-electron chi connectivity index (χ4n) is 3.02. The Labute approximate surface area is 138 Å². The minimum absolute atomic E-state index is 0.0807. The zero-order valence-corrected chi connectivity index (χ0v) is 14.4. The van der Waals surface area contributed by atoms with Crippen molar-refractivity contribution < 1.29 is 14.3 Å². The highest BCUT2D eigenvalue weighted by atomic mass is 16.5. The van der Waals surface area contributed by atoms with Crippen LogP contribution in [0.15, 0.2) is 24.3 Å². The van der Waals surface area contributed by atoms with Crippen molar-refractivity contribution >= 4 is 11.7 Å². The van der Waals surface area contributed by atoms with E-state index in [2.05, 4.69) is 0 Å². The number of hydrogen-bond acceptors (Lipinski definition) is 3. The minimum Gasteiger partial charge on any atom is -0.491 e. The van der Waals surface area contributed by atoms with Gasteiger partial charge < -0.3 is 9.64 Å². The number of hydrogen-bond donors (Lipinski definition) is 0. The molecule has 0 aliphatic carbocycles. The molecule has 0 aromatic heterocycles. The third-order valence-electron chi connectivity index (χ3n) is 4.10. The van der Waals surface area contributed by atoms with Crippen LogP contribution < -0.4 is 4.74 Å². The van der Waals surface area contributed by atoms with Crippen LogP contribution in [0.1, 0.15) is 56.8 Å². The van der Waals surface area contributed by atoms with Gasteiger partial charge in [-0.2, -0.15) is 0 Å². The van der Waals surface area contributed by atoms with Gasteiger partial charge in [0.2, 0.25) is 5.91 Å². The molecule has 1 saturated heterocycles. The van der Waals surface area contributed by atoms with Gasteiger partial charge >= 0.3 is 0 Å². The Morgan fingerprint density at radius 3 is 2.83 bits per heavy atom. The van der Waals surface area contributed by atoms with Crippen LogP contribution >= 0.6 is 0 Å². The minimum atomic E-state index is -0.0983. The van der Waals surface area contributed by atoms with E-state index in [0.29, 0.717) is 18.5 Å². The average Bonchev–Trinajstić information content (AvgIpc) is 2.54. The van der Waals surface area contributed by atoms with E-state index < -0.39 is 0 Å². The van der Waals surface area contributed by atoms with E-state index in [1.54, 1.807) is 0 Å². The summed E-state index contributed by atoms with van der Waals surface area (Å²) in [5.74, 6) is 0.912. The molecule has 1 aromatic carbocycles. The molecule has 126 valence electrons. The normalized spacial score (nSPS) is 18.1. The third kappa shape index (κ3) is 4.81. The first-order valence-electron chi connectivity index (χ1n) is 8.60. The zero-order valence-electron chi connectivity index (χ0n) is 14.4. The van der Waals surface area contributed by atoms with E-state index in [1.807, 2.05) is 49.9 Å². The lowest BCUT2D eigenvalue weighted by atomic mass is 9.89. The second-order valence-corrected chi connectivity index (χ2v) is 6.49. The third-order valence-corrected chi connectivity index (χ3v) is 4.10. The van der Waals surface area contributed by atoms with Crippen molar-refractivity contribution in [3.63, 3.8) is 0 Å². The second-order valence-electron chi connectivity index (χ2n) is 6.49. The van der Waals surface area contributed by atoms with Crippen molar-refractivity contribution in [2.75, 3.05) is 13.1 Å². The highest BCUT2D eigenvalue weighted by molar-refractivity contribution is 5.98. The van der Waals surface area contributed by atoms with Crippen molar-refractivity contribution in [2.24, 2.45) is 5.92 Å². The summed E-state index contributed by atoms with van der Waals surface area (Å²) in [6.07, 6.45) is 3.25. The van der Waals surface area contributed by atoms with Crippen LogP contribution in [0.4, 0.5) is 0 Å². The number of piperidine rings is 1. The standard InChI is InChI=1S/C19H27NO3/c1-4-7-18(21)20-11-6-9-16(13-20)19(22)15-8-5-10-17(12-15)23-14(2)3/h5,8,10,12,14,16H,4,6-7,9,11,13H2,1-3H3/t16-/m1/s1. The van der Waals surface area contributed by atoms with E-state index in [1.165, 1.54) is 0 Å². The van der Waals surface area contributed by atoms with Gasteiger partial charge in [0.25, 0.3) is 0 Å². The second kappa shape index (κ2) is 8.14. The first kappa shape index (κ1) is 17.5. The van der Waals surface area contributed by atoms with Gasteiger partial charge in [0, 0.05) is 31.0 Å². The number of benzene rings is 1. The van der Waals surface area contributed by atoms with E-state index >= 15 is 0 Å². The summed E-state index contributed by atoms with van der Waals surface area (Å²) >= 11 is 0. The molecule has 1 aliphatic rings. The number of rotatable bonds is 6. The Morgan fingerprint density at radius 2 is 2.13 bits per heavy atom. The van der Waals surface area contributed by atoms with Crippen molar-refractivity contribution in [1.82, 2.24) is 4.90 Å². The molecule has 4 nitrogen and oxygen atoms in total. The van der Waals surface area contributed by atoms with Gasteiger partial charge in [-0.25, -0.2) is 0 Å². The van der Waals surface area contributed by atoms with Crippen LogP contribution in [0, 0.1) is 5.92 Å². The van der Waals surface area contributed by atoms with Crippen molar-refractivity contribution in [2.45, 2.75) is 52.6 Å². The molecule has 0 bridgehead atoms. The highest BCUT2D eigenvalue weighted by Gasteiger charge is 2.28. The number of amides is 1.